The normalized spacial score (nSPS) is 12.2. The van der Waals surface area contributed by atoms with E-state index in [4.69, 9.17) is 0 Å². The van der Waals surface area contributed by atoms with Crippen molar-refractivity contribution in [1.82, 2.24) is 4.98 Å². The molecular weight excluding hydrogens is 307 g/mol. The lowest BCUT2D eigenvalue weighted by atomic mass is 10.3. The van der Waals surface area contributed by atoms with Crippen LogP contribution in [0.4, 0.5) is 13.2 Å². The van der Waals surface area contributed by atoms with Crippen molar-refractivity contribution in [3.63, 3.8) is 0 Å². The summed E-state index contributed by atoms with van der Waals surface area (Å²) >= 11 is 0. The molecule has 1 heterocycles. The number of alkyl halides is 3. The monoisotopic (exact) mass is 317 g/mol. The molecule has 0 amide bonds. The number of ether oxygens (including phenoxy) is 1. The summed E-state index contributed by atoms with van der Waals surface area (Å²) in [6.07, 6.45) is -4.82. The summed E-state index contributed by atoms with van der Waals surface area (Å²) in [5, 5.41) is -0.160. The number of hydrogen-bond donors (Lipinski definition) is 0. The van der Waals surface area contributed by atoms with E-state index < -0.39 is 21.9 Å². The molecule has 2 rings (SSSR count). The number of nitrogens with zero attached hydrogens (tertiary/aromatic N) is 1. The van der Waals surface area contributed by atoms with E-state index in [0.717, 1.165) is 24.3 Å². The fourth-order valence-electron chi connectivity index (χ4n) is 1.61. The molecular formula is C13H10F3NO3S. The van der Waals surface area contributed by atoms with Crippen molar-refractivity contribution < 1.29 is 26.3 Å². The van der Waals surface area contributed by atoms with Gasteiger partial charge in [0.1, 0.15) is 5.75 Å². The highest BCUT2D eigenvalue weighted by Gasteiger charge is 2.31. The lowest BCUT2D eigenvalue weighted by Gasteiger charge is -2.09. The Morgan fingerprint density at radius 2 is 1.67 bits per heavy atom. The highest BCUT2D eigenvalue weighted by Crippen LogP contribution is 2.26. The molecule has 8 heteroatoms. The van der Waals surface area contributed by atoms with Crippen LogP contribution in [0, 0.1) is 6.92 Å². The Bertz CT molecular complexity index is 740. The zero-order valence-corrected chi connectivity index (χ0v) is 11.6. The second kappa shape index (κ2) is 5.36. The maximum absolute atomic E-state index is 12.3. The minimum atomic E-state index is -4.82. The minimum absolute atomic E-state index is 0.157. The Morgan fingerprint density at radius 1 is 1.05 bits per heavy atom. The zero-order chi connectivity index (χ0) is 15.7. The van der Waals surface area contributed by atoms with Gasteiger partial charge in [0, 0.05) is 5.69 Å². The Balaban J connectivity index is 2.34. The predicted molar refractivity (Wildman–Crippen MR) is 67.6 cm³/mol. The lowest BCUT2D eigenvalue weighted by molar-refractivity contribution is -0.274. The SMILES string of the molecule is Cc1cccc(S(=O)(=O)c2ccc(OC(F)(F)F)cc2)n1. The average molecular weight is 317 g/mol. The Morgan fingerprint density at radius 3 is 2.19 bits per heavy atom. The van der Waals surface area contributed by atoms with Gasteiger partial charge < -0.3 is 4.74 Å². The Labute approximate surface area is 119 Å². The standard InChI is InChI=1S/C13H10F3NO3S/c1-9-3-2-4-12(17-9)21(18,19)11-7-5-10(6-8-11)20-13(14,15)16/h2-8H,1H3. The summed E-state index contributed by atoms with van der Waals surface area (Å²) in [6.45, 7) is 1.64. The van der Waals surface area contributed by atoms with Gasteiger partial charge in [0.05, 0.1) is 4.90 Å². The number of pyridine rings is 1. The first-order valence-electron chi connectivity index (χ1n) is 5.73. The van der Waals surface area contributed by atoms with Crippen LogP contribution in [0.3, 0.4) is 0 Å². The number of halogens is 3. The van der Waals surface area contributed by atoms with E-state index in [1.807, 2.05) is 0 Å². The van der Waals surface area contributed by atoms with Crippen molar-refractivity contribution in [2.24, 2.45) is 0 Å². The smallest absolute Gasteiger partial charge is 0.406 e. The van der Waals surface area contributed by atoms with E-state index in [2.05, 4.69) is 9.72 Å². The summed E-state index contributed by atoms with van der Waals surface area (Å²) in [6, 6.07) is 8.46. The molecule has 0 bridgehead atoms. The number of benzene rings is 1. The van der Waals surface area contributed by atoms with Gasteiger partial charge in [-0.2, -0.15) is 0 Å². The van der Waals surface area contributed by atoms with Crippen molar-refractivity contribution >= 4 is 9.84 Å². The molecule has 4 nitrogen and oxygen atoms in total. The van der Waals surface area contributed by atoms with Crippen LogP contribution in [0.25, 0.3) is 0 Å². The Hall–Kier alpha value is -2.09. The van der Waals surface area contributed by atoms with Crippen molar-refractivity contribution in [2.45, 2.75) is 23.2 Å². The van der Waals surface area contributed by atoms with Gasteiger partial charge >= 0.3 is 6.36 Å². The molecule has 1 aromatic heterocycles. The minimum Gasteiger partial charge on any atom is -0.406 e. The molecule has 0 aliphatic carbocycles. The van der Waals surface area contributed by atoms with Crippen molar-refractivity contribution in [3.8, 4) is 5.75 Å². The van der Waals surface area contributed by atoms with Crippen LogP contribution in [-0.4, -0.2) is 19.8 Å². The molecule has 0 N–H and O–H groups in total. The van der Waals surface area contributed by atoms with E-state index in [-0.39, 0.29) is 9.92 Å². The third-order valence-corrected chi connectivity index (χ3v) is 4.18. The van der Waals surface area contributed by atoms with Gasteiger partial charge in [0.15, 0.2) is 5.03 Å². The molecule has 0 spiro atoms. The summed E-state index contributed by atoms with van der Waals surface area (Å²) in [7, 11) is -3.87. The molecule has 0 aliphatic rings. The quantitative estimate of drug-likeness (QED) is 0.873. The van der Waals surface area contributed by atoms with E-state index in [1.54, 1.807) is 13.0 Å². The summed E-state index contributed by atoms with van der Waals surface area (Å²) in [5.41, 5.74) is 0.521. The fraction of sp³-hybridized carbons (Fsp3) is 0.154. The number of sulfone groups is 1. The van der Waals surface area contributed by atoms with Crippen molar-refractivity contribution in [3.05, 3.63) is 48.2 Å². The van der Waals surface area contributed by atoms with Crippen LogP contribution in [0.15, 0.2) is 52.4 Å². The van der Waals surface area contributed by atoms with Crippen LogP contribution in [0.5, 0.6) is 5.75 Å². The number of hydrogen-bond acceptors (Lipinski definition) is 4. The Kier molecular flexibility index (Phi) is 3.91. The molecule has 0 unspecified atom stereocenters. The van der Waals surface area contributed by atoms with E-state index >= 15 is 0 Å². The topological polar surface area (TPSA) is 56.3 Å². The van der Waals surface area contributed by atoms with Gasteiger partial charge in [0.2, 0.25) is 9.84 Å². The summed E-state index contributed by atoms with van der Waals surface area (Å²) in [5.74, 6) is -0.487. The van der Waals surface area contributed by atoms with Gasteiger partial charge in [-0.3, -0.25) is 0 Å². The predicted octanol–water partition coefficient (Wildman–Crippen LogP) is 3.12. The van der Waals surface area contributed by atoms with Gasteiger partial charge in [0.25, 0.3) is 0 Å². The van der Waals surface area contributed by atoms with Crippen LogP contribution in [0.2, 0.25) is 0 Å². The molecule has 0 saturated carbocycles. The van der Waals surface area contributed by atoms with E-state index in [0.29, 0.717) is 5.69 Å². The highest BCUT2D eigenvalue weighted by atomic mass is 32.2. The van der Waals surface area contributed by atoms with Gasteiger partial charge in [-0.25, -0.2) is 13.4 Å². The first kappa shape index (κ1) is 15.3. The maximum atomic E-state index is 12.3. The third-order valence-electron chi connectivity index (χ3n) is 2.51. The molecule has 0 saturated heterocycles. The lowest BCUT2D eigenvalue weighted by Crippen LogP contribution is -2.17. The summed E-state index contributed by atoms with van der Waals surface area (Å²) < 4.78 is 64.3. The second-order valence-electron chi connectivity index (χ2n) is 4.14. The number of rotatable bonds is 3. The molecule has 2 aromatic rings. The van der Waals surface area contributed by atoms with Crippen molar-refractivity contribution in [1.29, 1.82) is 0 Å². The first-order valence-corrected chi connectivity index (χ1v) is 7.21. The van der Waals surface area contributed by atoms with Crippen LogP contribution < -0.4 is 4.74 Å². The fourth-order valence-corrected chi connectivity index (χ4v) is 2.87. The molecule has 0 atom stereocenters. The molecule has 21 heavy (non-hydrogen) atoms. The highest BCUT2D eigenvalue weighted by molar-refractivity contribution is 7.91. The average Bonchev–Trinajstić information content (AvgIpc) is 2.37. The molecule has 112 valence electrons. The molecule has 0 aliphatic heterocycles. The van der Waals surface area contributed by atoms with Crippen LogP contribution in [-0.2, 0) is 9.84 Å². The first-order chi connectivity index (χ1) is 9.68. The third kappa shape index (κ3) is 3.72. The second-order valence-corrected chi connectivity index (χ2v) is 6.04. The largest absolute Gasteiger partial charge is 0.573 e. The van der Waals surface area contributed by atoms with Crippen LogP contribution >= 0.6 is 0 Å². The van der Waals surface area contributed by atoms with Gasteiger partial charge in [-0.05, 0) is 43.3 Å². The van der Waals surface area contributed by atoms with Crippen LogP contribution in [0.1, 0.15) is 5.69 Å². The molecule has 0 fully saturated rings. The van der Waals surface area contributed by atoms with Crippen molar-refractivity contribution in [2.75, 3.05) is 0 Å². The van der Waals surface area contributed by atoms with E-state index in [1.165, 1.54) is 12.1 Å². The van der Waals surface area contributed by atoms with Gasteiger partial charge in [-0.1, -0.05) is 6.07 Å². The van der Waals surface area contributed by atoms with E-state index in [9.17, 15) is 21.6 Å². The molecule has 0 radical (unpaired) electrons. The number of aromatic nitrogens is 1. The summed E-state index contributed by atoms with van der Waals surface area (Å²) in [4.78, 5) is 3.75. The number of aryl methyl sites for hydroxylation is 1. The molecule has 1 aromatic carbocycles. The maximum Gasteiger partial charge on any atom is 0.573 e. The zero-order valence-electron chi connectivity index (χ0n) is 10.8. The van der Waals surface area contributed by atoms with Gasteiger partial charge in [-0.15, -0.1) is 13.2 Å².